The number of aromatic amines is 1. The van der Waals surface area contributed by atoms with Crippen LogP contribution < -0.4 is 5.01 Å². The summed E-state index contributed by atoms with van der Waals surface area (Å²) in [6.07, 6.45) is -2.52. The maximum atomic E-state index is 13.4. The predicted octanol–water partition coefficient (Wildman–Crippen LogP) is 1.80. The van der Waals surface area contributed by atoms with Gasteiger partial charge < -0.3 is 4.90 Å². The van der Waals surface area contributed by atoms with Crippen molar-refractivity contribution in [2.45, 2.75) is 25.7 Å². The van der Waals surface area contributed by atoms with E-state index in [0.717, 1.165) is 0 Å². The van der Waals surface area contributed by atoms with Crippen LogP contribution in [-0.4, -0.2) is 50.0 Å². The predicted molar refractivity (Wildman–Crippen MR) is 70.5 cm³/mol. The van der Waals surface area contributed by atoms with Gasteiger partial charge in [0.05, 0.1) is 23.6 Å². The summed E-state index contributed by atoms with van der Waals surface area (Å²) in [5, 5.41) is 7.57. The van der Waals surface area contributed by atoms with Crippen LogP contribution in [0.4, 0.5) is 19.0 Å². The van der Waals surface area contributed by atoms with Gasteiger partial charge in [-0.1, -0.05) is 0 Å². The Morgan fingerprint density at radius 2 is 2.23 bits per heavy atom. The molecule has 0 aromatic carbocycles. The number of carbonyl (C=O) groups excluding carboxylic acids is 1. The Labute approximate surface area is 128 Å². The van der Waals surface area contributed by atoms with Crippen LogP contribution in [-0.2, 0) is 4.79 Å². The van der Waals surface area contributed by atoms with E-state index < -0.39 is 12.3 Å². The van der Waals surface area contributed by atoms with E-state index in [9.17, 15) is 18.0 Å². The number of nitrogens with one attached hydrogen (secondary N) is 1. The number of hydrogen-bond acceptors (Lipinski definition) is 5. The molecule has 1 unspecified atom stereocenters. The summed E-state index contributed by atoms with van der Waals surface area (Å²) in [5.74, 6) is 0.306. The fourth-order valence-electron chi connectivity index (χ4n) is 2.72. The second kappa shape index (κ2) is 5.06. The molecule has 0 aliphatic carbocycles. The van der Waals surface area contributed by atoms with Gasteiger partial charge in [0.25, 0.3) is 0 Å². The second-order valence-electron chi connectivity index (χ2n) is 4.88. The first-order chi connectivity index (χ1) is 10.4. The van der Waals surface area contributed by atoms with E-state index in [1.54, 1.807) is 0 Å². The largest absolute Gasteiger partial charge is 0.501 e. The van der Waals surface area contributed by atoms with Crippen LogP contribution in [0, 0.1) is 0 Å². The summed E-state index contributed by atoms with van der Waals surface area (Å²) in [4.78, 5) is 12.3. The summed E-state index contributed by atoms with van der Waals surface area (Å²) < 4.78 is 40.7. The zero-order valence-electron chi connectivity index (χ0n) is 11.4. The van der Waals surface area contributed by atoms with Gasteiger partial charge in [-0.05, 0) is 11.6 Å². The Balaban J connectivity index is 2.11. The van der Waals surface area contributed by atoms with E-state index in [2.05, 4.69) is 10.2 Å². The molecule has 1 aromatic rings. The van der Waals surface area contributed by atoms with Crippen molar-refractivity contribution in [2.75, 3.05) is 11.6 Å². The highest BCUT2D eigenvalue weighted by molar-refractivity contribution is 6.14. The van der Waals surface area contributed by atoms with Gasteiger partial charge in [0.2, 0.25) is 6.41 Å². The third-order valence-corrected chi connectivity index (χ3v) is 4.00. The Morgan fingerprint density at radius 1 is 1.50 bits per heavy atom. The number of alkyl halides is 3. The molecule has 120 valence electrons. The number of amides is 1. The number of halogens is 4. The van der Waals surface area contributed by atoms with Gasteiger partial charge in [-0.15, -0.1) is 13.2 Å². The zero-order valence-corrected chi connectivity index (χ0v) is 12.1. The monoisotopic (exact) mass is 336 g/mol. The highest BCUT2D eigenvalue weighted by Gasteiger charge is 2.54. The lowest BCUT2D eigenvalue weighted by molar-refractivity contribution is -0.276. The zero-order chi connectivity index (χ0) is 16.1. The van der Waals surface area contributed by atoms with Crippen molar-refractivity contribution in [2.24, 2.45) is 0 Å². The third-order valence-electron chi connectivity index (χ3n) is 3.70. The standard InChI is InChI=1S/C11H12ClF3N6O/c1-7-10-8(3-5-18(7)6-22)19(9-2-4-16-17-9)21(12)20(10)11(13,14)15/h2,4,6-7H,3,5H2,1H3,(H,16,17). The van der Waals surface area contributed by atoms with E-state index in [0.29, 0.717) is 29.1 Å². The highest BCUT2D eigenvalue weighted by atomic mass is 35.5. The molecule has 3 heterocycles. The van der Waals surface area contributed by atoms with Crippen LogP contribution in [0.2, 0.25) is 0 Å². The number of anilines is 1. The van der Waals surface area contributed by atoms with Crippen molar-refractivity contribution in [3.63, 3.8) is 0 Å². The van der Waals surface area contributed by atoms with Gasteiger partial charge in [0, 0.05) is 30.8 Å². The summed E-state index contributed by atoms with van der Waals surface area (Å²) >= 11 is 5.92. The molecule has 3 rings (SSSR count). The Bertz CT molecular complexity index is 603. The Morgan fingerprint density at radius 3 is 2.77 bits per heavy atom. The van der Waals surface area contributed by atoms with Crippen molar-refractivity contribution in [1.82, 2.24) is 24.7 Å². The Kier molecular flexibility index (Phi) is 3.44. The fourth-order valence-corrected chi connectivity index (χ4v) is 3.06. The first-order valence-electron chi connectivity index (χ1n) is 6.42. The molecular weight excluding hydrogens is 325 g/mol. The van der Waals surface area contributed by atoms with Crippen molar-refractivity contribution in [1.29, 1.82) is 0 Å². The van der Waals surface area contributed by atoms with E-state index >= 15 is 0 Å². The Hall–Kier alpha value is -1.94. The molecule has 1 amide bonds. The molecule has 1 N–H and O–H groups in total. The van der Waals surface area contributed by atoms with E-state index in [4.69, 9.17) is 11.8 Å². The maximum absolute atomic E-state index is 13.4. The molecule has 22 heavy (non-hydrogen) atoms. The minimum atomic E-state index is -4.72. The van der Waals surface area contributed by atoms with Crippen LogP contribution in [0.1, 0.15) is 13.3 Å². The molecule has 2 aliphatic heterocycles. The average molecular weight is 337 g/mol. The number of rotatable bonds is 2. The molecule has 0 saturated heterocycles. The van der Waals surface area contributed by atoms with Gasteiger partial charge in [-0.25, -0.2) is 5.01 Å². The van der Waals surface area contributed by atoms with Gasteiger partial charge in [-0.3, -0.25) is 9.89 Å². The van der Waals surface area contributed by atoms with Gasteiger partial charge in [0.1, 0.15) is 5.82 Å². The van der Waals surface area contributed by atoms with Crippen molar-refractivity contribution >= 4 is 24.0 Å². The van der Waals surface area contributed by atoms with Crippen LogP contribution in [0.5, 0.6) is 0 Å². The van der Waals surface area contributed by atoms with E-state index in [1.807, 2.05) is 0 Å². The molecule has 0 saturated carbocycles. The number of hydrazine groups is 2. The van der Waals surface area contributed by atoms with Crippen molar-refractivity contribution in [3.05, 3.63) is 23.7 Å². The van der Waals surface area contributed by atoms with E-state index in [-0.39, 0.29) is 17.1 Å². The van der Waals surface area contributed by atoms with E-state index in [1.165, 1.54) is 29.1 Å². The number of hydrogen-bond donors (Lipinski definition) is 1. The third kappa shape index (κ3) is 2.10. The number of carbonyl (C=O) groups is 1. The lowest BCUT2D eigenvalue weighted by Gasteiger charge is -2.35. The second-order valence-corrected chi connectivity index (χ2v) is 5.18. The SMILES string of the molecule is CC1C2=C(CCN1C=O)N(c1ccn[nH]1)N(Cl)N2C(F)(F)F. The molecule has 0 fully saturated rings. The van der Waals surface area contributed by atoms with Crippen LogP contribution in [0.25, 0.3) is 0 Å². The number of nitrogens with zero attached hydrogens (tertiary/aromatic N) is 5. The lowest BCUT2D eigenvalue weighted by Crippen LogP contribution is -2.50. The summed E-state index contributed by atoms with van der Waals surface area (Å²) in [6, 6.07) is 0.758. The van der Waals surface area contributed by atoms with Crippen molar-refractivity contribution in [3.8, 4) is 0 Å². The summed E-state index contributed by atoms with van der Waals surface area (Å²) in [7, 11) is 0. The van der Waals surface area contributed by atoms with Crippen LogP contribution in [0.3, 0.4) is 0 Å². The summed E-state index contributed by atoms with van der Waals surface area (Å²) in [6.45, 7) is 1.84. The topological polar surface area (TPSA) is 58.7 Å². The highest BCUT2D eigenvalue weighted by Crippen LogP contribution is 2.45. The molecule has 11 heteroatoms. The minimum absolute atomic E-state index is 0.0328. The van der Waals surface area contributed by atoms with Crippen molar-refractivity contribution < 1.29 is 18.0 Å². The first kappa shape index (κ1) is 15.0. The first-order valence-corrected chi connectivity index (χ1v) is 6.76. The van der Waals surface area contributed by atoms with Gasteiger partial charge in [-0.2, -0.15) is 10.1 Å². The van der Waals surface area contributed by atoms with Gasteiger partial charge in [0.15, 0.2) is 0 Å². The molecular formula is C11H12ClF3N6O. The smallest absolute Gasteiger partial charge is 0.336 e. The van der Waals surface area contributed by atoms with Gasteiger partial charge >= 0.3 is 6.30 Å². The molecule has 1 aromatic heterocycles. The average Bonchev–Trinajstić information content (AvgIpc) is 3.03. The van der Waals surface area contributed by atoms with Crippen LogP contribution >= 0.6 is 11.8 Å². The number of H-pyrrole nitrogens is 1. The normalized spacial score (nSPS) is 23.3. The lowest BCUT2D eigenvalue weighted by atomic mass is 10.0. The van der Waals surface area contributed by atoms with Crippen LogP contribution in [0.15, 0.2) is 23.7 Å². The summed E-state index contributed by atoms with van der Waals surface area (Å²) in [5.41, 5.74) is 0.303. The molecule has 0 radical (unpaired) electrons. The molecule has 1 atom stereocenters. The number of aromatic nitrogens is 2. The molecule has 0 spiro atoms. The molecule has 0 bridgehead atoms. The fraction of sp³-hybridized carbons (Fsp3) is 0.455. The maximum Gasteiger partial charge on any atom is 0.501 e. The quantitative estimate of drug-likeness (QED) is 0.507. The minimum Gasteiger partial charge on any atom is -0.336 e. The molecule has 2 aliphatic rings. The molecule has 7 nitrogen and oxygen atoms in total.